The molecule has 1 aromatic carbocycles. The van der Waals surface area contributed by atoms with Crippen LogP contribution in [-0.4, -0.2) is 52.2 Å². The Labute approximate surface area is 136 Å². The van der Waals surface area contributed by atoms with Gasteiger partial charge in [0, 0.05) is 44.5 Å². The number of likely N-dealkylation sites (N-methyl/N-ethyl adjacent to an activating group) is 1. The number of carbonyl (C=O) groups excluding carboxylic acids is 1. The highest BCUT2D eigenvalue weighted by Gasteiger charge is 2.28. The van der Waals surface area contributed by atoms with Gasteiger partial charge in [-0.2, -0.15) is 5.10 Å². The number of carbonyl (C=O) groups is 1. The number of benzene rings is 1. The van der Waals surface area contributed by atoms with Gasteiger partial charge in [-0.3, -0.25) is 9.48 Å². The fourth-order valence-electron chi connectivity index (χ4n) is 2.93. The van der Waals surface area contributed by atoms with E-state index in [1.165, 1.54) is 5.56 Å². The molecule has 5 heteroatoms. The molecule has 0 spiro atoms. The Morgan fingerprint density at radius 2 is 2.00 bits per heavy atom. The van der Waals surface area contributed by atoms with Crippen molar-refractivity contribution < 1.29 is 4.79 Å². The van der Waals surface area contributed by atoms with E-state index in [1.807, 2.05) is 42.4 Å². The molecule has 0 aliphatic carbocycles. The first-order valence-corrected chi connectivity index (χ1v) is 7.84. The summed E-state index contributed by atoms with van der Waals surface area (Å²) in [6.07, 6.45) is 7.12. The fourth-order valence-corrected chi connectivity index (χ4v) is 2.93. The Morgan fingerprint density at radius 3 is 2.70 bits per heavy atom. The van der Waals surface area contributed by atoms with E-state index in [9.17, 15) is 4.79 Å². The van der Waals surface area contributed by atoms with E-state index < -0.39 is 0 Å². The molecule has 1 unspecified atom stereocenters. The summed E-state index contributed by atoms with van der Waals surface area (Å²) < 4.78 is 1.73. The average molecular weight is 310 g/mol. The Kier molecular flexibility index (Phi) is 4.57. The number of amides is 1. The zero-order valence-corrected chi connectivity index (χ0v) is 13.6. The van der Waals surface area contributed by atoms with Gasteiger partial charge in [-0.15, -0.1) is 0 Å². The summed E-state index contributed by atoms with van der Waals surface area (Å²) in [4.78, 5) is 16.9. The molecule has 120 valence electrons. The molecule has 5 nitrogen and oxygen atoms in total. The smallest absolute Gasteiger partial charge is 0.247 e. The van der Waals surface area contributed by atoms with Gasteiger partial charge in [0.05, 0.1) is 12.2 Å². The molecular weight excluding hydrogens is 288 g/mol. The maximum Gasteiger partial charge on any atom is 0.247 e. The maximum absolute atomic E-state index is 12.7. The lowest BCUT2D eigenvalue weighted by Gasteiger charge is -2.39. The lowest BCUT2D eigenvalue weighted by atomic mass is 10.0. The molecule has 0 N–H and O–H groups in total. The summed E-state index contributed by atoms with van der Waals surface area (Å²) in [5, 5.41) is 4.11. The minimum atomic E-state index is 0.0517. The van der Waals surface area contributed by atoms with Crippen molar-refractivity contribution in [2.75, 3.05) is 26.7 Å². The van der Waals surface area contributed by atoms with Crippen molar-refractivity contribution in [1.29, 1.82) is 0 Å². The highest BCUT2D eigenvalue weighted by molar-refractivity contribution is 5.92. The normalized spacial score (nSPS) is 19.4. The number of nitrogens with zero attached hydrogens (tertiary/aromatic N) is 4. The van der Waals surface area contributed by atoms with E-state index in [-0.39, 0.29) is 11.9 Å². The van der Waals surface area contributed by atoms with E-state index in [1.54, 1.807) is 17.0 Å². The molecule has 23 heavy (non-hydrogen) atoms. The molecule has 2 aromatic rings. The molecule has 1 fully saturated rings. The van der Waals surface area contributed by atoms with Crippen LogP contribution in [-0.2, 0) is 11.8 Å². The second-order valence-corrected chi connectivity index (χ2v) is 6.00. The Morgan fingerprint density at radius 1 is 1.22 bits per heavy atom. The summed E-state index contributed by atoms with van der Waals surface area (Å²) in [6, 6.07) is 10.3. The molecule has 3 rings (SSSR count). The molecule has 1 saturated heterocycles. The lowest BCUT2D eigenvalue weighted by molar-refractivity contribution is -0.130. The summed E-state index contributed by atoms with van der Waals surface area (Å²) in [6.45, 7) is 2.50. The second-order valence-electron chi connectivity index (χ2n) is 6.00. The lowest BCUT2D eigenvalue weighted by Crippen LogP contribution is -2.48. The molecule has 0 bridgehead atoms. The molecule has 0 radical (unpaired) electrons. The van der Waals surface area contributed by atoms with Crippen LogP contribution in [0.15, 0.2) is 48.8 Å². The molecule has 1 aromatic heterocycles. The van der Waals surface area contributed by atoms with Gasteiger partial charge in [-0.1, -0.05) is 30.3 Å². The van der Waals surface area contributed by atoms with Crippen LogP contribution >= 0.6 is 0 Å². The average Bonchev–Trinajstić information content (AvgIpc) is 2.99. The first kappa shape index (κ1) is 15.5. The van der Waals surface area contributed by atoms with Crippen molar-refractivity contribution in [3.05, 3.63) is 59.9 Å². The molecule has 0 saturated carbocycles. The number of hydrogen-bond donors (Lipinski definition) is 0. The topological polar surface area (TPSA) is 41.4 Å². The highest BCUT2D eigenvalue weighted by Crippen LogP contribution is 2.25. The van der Waals surface area contributed by atoms with Gasteiger partial charge in [0.25, 0.3) is 0 Å². The van der Waals surface area contributed by atoms with E-state index in [0.717, 1.165) is 25.2 Å². The Bertz CT molecular complexity index is 692. The van der Waals surface area contributed by atoms with Gasteiger partial charge in [-0.05, 0) is 18.7 Å². The molecule has 1 atom stereocenters. The third-order valence-corrected chi connectivity index (χ3v) is 4.19. The third-order valence-electron chi connectivity index (χ3n) is 4.19. The SMILES string of the molecule is CN1CCN(C(=O)/C=C/c2cnn(C)c2)C(c2ccccc2)C1. The number of piperazine rings is 1. The van der Waals surface area contributed by atoms with Crippen LogP contribution in [0, 0.1) is 0 Å². The van der Waals surface area contributed by atoms with Crippen molar-refractivity contribution in [2.45, 2.75) is 6.04 Å². The maximum atomic E-state index is 12.7. The predicted octanol–water partition coefficient (Wildman–Crippen LogP) is 1.95. The van der Waals surface area contributed by atoms with Gasteiger partial charge in [0.15, 0.2) is 0 Å². The summed E-state index contributed by atoms with van der Waals surface area (Å²) in [7, 11) is 3.97. The predicted molar refractivity (Wildman–Crippen MR) is 90.6 cm³/mol. The van der Waals surface area contributed by atoms with Gasteiger partial charge >= 0.3 is 0 Å². The summed E-state index contributed by atoms with van der Waals surface area (Å²) >= 11 is 0. The second kappa shape index (κ2) is 6.79. The number of aryl methyl sites for hydroxylation is 1. The molecule has 2 heterocycles. The van der Waals surface area contributed by atoms with E-state index >= 15 is 0 Å². The summed E-state index contributed by atoms with van der Waals surface area (Å²) in [5.74, 6) is 0.0517. The molecular formula is C18H22N4O. The zero-order valence-electron chi connectivity index (χ0n) is 13.6. The van der Waals surface area contributed by atoms with Crippen molar-refractivity contribution >= 4 is 12.0 Å². The molecule has 1 aliphatic heterocycles. The van der Waals surface area contributed by atoms with Crippen molar-refractivity contribution in [2.24, 2.45) is 7.05 Å². The van der Waals surface area contributed by atoms with Crippen LogP contribution in [0.5, 0.6) is 0 Å². The van der Waals surface area contributed by atoms with Crippen molar-refractivity contribution in [1.82, 2.24) is 19.6 Å². The minimum Gasteiger partial charge on any atom is -0.330 e. The standard InChI is InChI=1S/C18H22N4O/c1-20-10-11-22(17(14-20)16-6-4-3-5-7-16)18(23)9-8-15-12-19-21(2)13-15/h3-9,12-13,17H,10-11,14H2,1-2H3/b9-8+. The van der Waals surface area contributed by atoms with E-state index in [4.69, 9.17) is 0 Å². The highest BCUT2D eigenvalue weighted by atomic mass is 16.2. The van der Waals surface area contributed by atoms with Crippen LogP contribution in [0.2, 0.25) is 0 Å². The van der Waals surface area contributed by atoms with Crippen molar-refractivity contribution in [3.8, 4) is 0 Å². The fraction of sp³-hybridized carbons (Fsp3) is 0.333. The van der Waals surface area contributed by atoms with E-state index in [0.29, 0.717) is 0 Å². The Balaban J connectivity index is 1.78. The third kappa shape index (κ3) is 3.68. The van der Waals surface area contributed by atoms with Crippen LogP contribution in [0.1, 0.15) is 17.2 Å². The minimum absolute atomic E-state index is 0.0517. The quantitative estimate of drug-likeness (QED) is 0.814. The van der Waals surface area contributed by atoms with Gasteiger partial charge in [0.2, 0.25) is 5.91 Å². The van der Waals surface area contributed by atoms with Crippen LogP contribution < -0.4 is 0 Å². The summed E-state index contributed by atoms with van der Waals surface area (Å²) in [5.41, 5.74) is 2.12. The van der Waals surface area contributed by atoms with Crippen LogP contribution in [0.3, 0.4) is 0 Å². The number of hydrogen-bond acceptors (Lipinski definition) is 3. The first-order chi connectivity index (χ1) is 11.1. The van der Waals surface area contributed by atoms with Gasteiger partial charge in [-0.25, -0.2) is 0 Å². The Hall–Kier alpha value is -2.40. The monoisotopic (exact) mass is 310 g/mol. The van der Waals surface area contributed by atoms with E-state index in [2.05, 4.69) is 29.2 Å². The van der Waals surface area contributed by atoms with Crippen molar-refractivity contribution in [3.63, 3.8) is 0 Å². The van der Waals surface area contributed by atoms with Gasteiger partial charge < -0.3 is 9.80 Å². The number of rotatable bonds is 3. The van der Waals surface area contributed by atoms with Crippen LogP contribution in [0.25, 0.3) is 6.08 Å². The van der Waals surface area contributed by atoms with Gasteiger partial charge in [0.1, 0.15) is 0 Å². The van der Waals surface area contributed by atoms with Crippen LogP contribution in [0.4, 0.5) is 0 Å². The molecule has 1 aliphatic rings. The molecule has 1 amide bonds. The first-order valence-electron chi connectivity index (χ1n) is 7.84. The zero-order chi connectivity index (χ0) is 16.2. The largest absolute Gasteiger partial charge is 0.330 e. The number of aromatic nitrogens is 2.